The molecule has 24 heavy (non-hydrogen) atoms. The highest BCUT2D eigenvalue weighted by atomic mass is 16.6. The molecule has 3 aliphatic rings. The number of hydrogen-bond donors (Lipinski definition) is 0. The summed E-state index contributed by atoms with van der Waals surface area (Å²) < 4.78 is 14.1. The first-order valence-corrected chi connectivity index (χ1v) is 8.16. The average molecular weight is 306 g/mol. The molecule has 1 saturated heterocycles. The molecule has 0 N–H and O–H groups in total. The Hall–Kier alpha value is -2.43. The number of benzene rings is 3. The summed E-state index contributed by atoms with van der Waals surface area (Å²) in [6, 6.07) is 23.5. The van der Waals surface area contributed by atoms with Crippen molar-refractivity contribution in [3.05, 3.63) is 66.7 Å². The summed E-state index contributed by atoms with van der Waals surface area (Å²) in [5.41, 5.74) is 8.55. The molecule has 6 heteroatoms. The highest BCUT2D eigenvalue weighted by Crippen LogP contribution is 2.45. The zero-order valence-corrected chi connectivity index (χ0v) is 12.8. The van der Waals surface area contributed by atoms with Crippen molar-refractivity contribution in [2.45, 2.75) is 0 Å². The van der Waals surface area contributed by atoms with Gasteiger partial charge in [0.2, 0.25) is 0 Å². The van der Waals surface area contributed by atoms with Gasteiger partial charge in [0.05, 0.1) is 0 Å². The third-order valence-electron chi connectivity index (χ3n) is 5.20. The second-order valence-electron chi connectivity index (χ2n) is 6.36. The summed E-state index contributed by atoms with van der Waals surface area (Å²) in [4.78, 5) is 0. The van der Waals surface area contributed by atoms with Crippen molar-refractivity contribution in [2.24, 2.45) is 0 Å². The molecule has 0 spiro atoms. The molecule has 1 radical (unpaired) electrons. The number of para-hydroxylation sites is 1. The zero-order valence-electron chi connectivity index (χ0n) is 12.8. The molecule has 3 nitrogen and oxygen atoms in total. The monoisotopic (exact) mass is 306 g/mol. The SMILES string of the molecule is [B]1OB2c3ccccc3-c3cccc4c3N2B(O1)c1ccccc1-4. The molecule has 3 aliphatic heterocycles. The van der Waals surface area contributed by atoms with E-state index in [1.807, 2.05) is 0 Å². The Kier molecular flexibility index (Phi) is 2.46. The van der Waals surface area contributed by atoms with Crippen LogP contribution in [-0.4, -0.2) is 21.8 Å². The third-order valence-corrected chi connectivity index (χ3v) is 5.20. The number of nitrogens with zero attached hydrogens (tertiary/aromatic N) is 1. The minimum Gasteiger partial charge on any atom is -0.456 e. The highest BCUT2D eigenvalue weighted by molar-refractivity contribution is 6.96. The second-order valence-corrected chi connectivity index (χ2v) is 6.36. The van der Waals surface area contributed by atoms with Gasteiger partial charge < -0.3 is 13.9 Å². The molecule has 0 saturated carbocycles. The van der Waals surface area contributed by atoms with Gasteiger partial charge in [0.25, 0.3) is 0 Å². The lowest BCUT2D eigenvalue weighted by atomic mass is 9.49. The Labute approximate surface area is 141 Å². The normalized spacial score (nSPS) is 16.1. The van der Waals surface area contributed by atoms with E-state index in [1.54, 1.807) is 0 Å². The van der Waals surface area contributed by atoms with Crippen molar-refractivity contribution in [1.82, 2.24) is 0 Å². The number of fused-ring (bicyclic) bond motifs is 6. The van der Waals surface area contributed by atoms with Gasteiger partial charge in [0, 0.05) is 16.8 Å². The maximum atomic E-state index is 5.92. The molecule has 0 amide bonds. The van der Waals surface area contributed by atoms with Gasteiger partial charge in [-0.05, 0) is 22.1 Å². The highest BCUT2D eigenvalue weighted by Gasteiger charge is 2.50. The Morgan fingerprint density at radius 2 is 1.12 bits per heavy atom. The fraction of sp³-hybridized carbons (Fsp3) is 0. The molecule has 109 valence electrons. The summed E-state index contributed by atoms with van der Waals surface area (Å²) in [7, 11) is 1.20. The van der Waals surface area contributed by atoms with Crippen molar-refractivity contribution in [2.75, 3.05) is 4.72 Å². The van der Waals surface area contributed by atoms with Crippen molar-refractivity contribution >= 4 is 38.4 Å². The molecule has 0 aliphatic carbocycles. The van der Waals surface area contributed by atoms with Crippen LogP contribution in [-0.2, 0) is 9.14 Å². The van der Waals surface area contributed by atoms with E-state index in [2.05, 4.69) is 71.5 Å². The average Bonchev–Trinajstić information content (AvgIpc) is 2.67. The van der Waals surface area contributed by atoms with Gasteiger partial charge in [-0.15, -0.1) is 0 Å². The van der Waals surface area contributed by atoms with Crippen LogP contribution in [0.2, 0.25) is 0 Å². The third kappa shape index (κ3) is 1.48. The quantitative estimate of drug-likeness (QED) is 0.592. The van der Waals surface area contributed by atoms with Crippen LogP contribution in [0.3, 0.4) is 0 Å². The molecule has 0 bridgehead atoms. The van der Waals surface area contributed by atoms with Gasteiger partial charge in [0.1, 0.15) is 0 Å². The van der Waals surface area contributed by atoms with Crippen LogP contribution in [0.4, 0.5) is 5.69 Å². The molecule has 0 atom stereocenters. The molecule has 3 aromatic rings. The predicted octanol–water partition coefficient (Wildman–Crippen LogP) is 1.83. The first-order valence-electron chi connectivity index (χ1n) is 8.16. The van der Waals surface area contributed by atoms with Gasteiger partial charge in [-0.3, -0.25) is 0 Å². The van der Waals surface area contributed by atoms with E-state index in [-0.39, 0.29) is 14.1 Å². The molecule has 3 heterocycles. The van der Waals surface area contributed by atoms with Crippen LogP contribution in [0.15, 0.2) is 66.7 Å². The summed E-state index contributed by atoms with van der Waals surface area (Å²) in [6.07, 6.45) is 0. The van der Waals surface area contributed by atoms with Gasteiger partial charge in [0.15, 0.2) is 0 Å². The van der Waals surface area contributed by atoms with Crippen molar-refractivity contribution in [3.8, 4) is 22.3 Å². The lowest BCUT2D eigenvalue weighted by molar-refractivity contribution is 0.457. The summed E-state index contributed by atoms with van der Waals surface area (Å²) in [6.45, 7) is 0. The van der Waals surface area contributed by atoms with E-state index < -0.39 is 0 Å². The van der Waals surface area contributed by atoms with E-state index in [0.717, 1.165) is 0 Å². The molecular formula is C18H11B3NO2. The van der Waals surface area contributed by atoms with Gasteiger partial charge in [-0.2, -0.15) is 0 Å². The van der Waals surface area contributed by atoms with Crippen LogP contribution in [0.25, 0.3) is 22.3 Å². The maximum absolute atomic E-state index is 5.92. The Bertz CT molecular complexity index is 920. The zero-order chi connectivity index (χ0) is 15.7. The van der Waals surface area contributed by atoms with E-state index in [9.17, 15) is 0 Å². The minimum absolute atomic E-state index is 0.151. The van der Waals surface area contributed by atoms with Crippen LogP contribution < -0.4 is 15.6 Å². The van der Waals surface area contributed by atoms with Crippen molar-refractivity contribution < 1.29 is 9.14 Å². The minimum atomic E-state index is -0.151. The van der Waals surface area contributed by atoms with E-state index in [4.69, 9.17) is 9.14 Å². The van der Waals surface area contributed by atoms with Gasteiger partial charge >= 0.3 is 21.8 Å². The first kappa shape index (κ1) is 12.9. The molecule has 6 rings (SSSR count). The van der Waals surface area contributed by atoms with Crippen LogP contribution in [0, 0.1) is 0 Å². The summed E-state index contributed by atoms with van der Waals surface area (Å²) >= 11 is 0. The molecular weight excluding hydrogens is 295 g/mol. The standard InChI is InChI=1S/C18H11B3NO2/c1-3-10-16-12(6-1)14-8-5-9-15-13-7-2-4-11-17(13)21-22(18(14)15)20(16)23-19-24-21/h1-11H. The molecule has 0 unspecified atom stereocenters. The smallest absolute Gasteiger partial charge is 0.456 e. The Morgan fingerprint density at radius 1 is 0.625 bits per heavy atom. The Balaban J connectivity index is 1.76. The van der Waals surface area contributed by atoms with Crippen molar-refractivity contribution in [1.29, 1.82) is 0 Å². The maximum Gasteiger partial charge on any atom is 0.458 e. The van der Waals surface area contributed by atoms with Crippen LogP contribution in [0.1, 0.15) is 0 Å². The lowest BCUT2D eigenvalue weighted by Crippen LogP contribution is -2.70. The summed E-state index contributed by atoms with van der Waals surface area (Å²) in [5.74, 6) is 0. The number of rotatable bonds is 0. The van der Waals surface area contributed by atoms with Gasteiger partial charge in [-0.1, -0.05) is 66.7 Å². The number of hydrogen-bond acceptors (Lipinski definition) is 3. The van der Waals surface area contributed by atoms with Crippen LogP contribution in [0.5, 0.6) is 0 Å². The van der Waals surface area contributed by atoms with E-state index in [1.165, 1.54) is 46.6 Å². The van der Waals surface area contributed by atoms with E-state index >= 15 is 0 Å². The topological polar surface area (TPSA) is 21.7 Å². The van der Waals surface area contributed by atoms with Gasteiger partial charge in [-0.25, -0.2) is 0 Å². The summed E-state index contributed by atoms with van der Waals surface area (Å²) in [5, 5.41) is 0. The largest absolute Gasteiger partial charge is 0.458 e. The van der Waals surface area contributed by atoms with Crippen LogP contribution >= 0.6 is 0 Å². The first-order chi connectivity index (χ1) is 11.9. The van der Waals surface area contributed by atoms with E-state index in [0.29, 0.717) is 0 Å². The fourth-order valence-corrected chi connectivity index (χ4v) is 4.24. The lowest BCUT2D eigenvalue weighted by Gasteiger charge is -2.47. The predicted molar refractivity (Wildman–Crippen MR) is 98.5 cm³/mol. The Morgan fingerprint density at radius 3 is 1.71 bits per heavy atom. The molecule has 1 fully saturated rings. The number of anilines is 1. The molecule has 0 aromatic heterocycles. The molecule has 3 aromatic carbocycles. The van der Waals surface area contributed by atoms with Crippen molar-refractivity contribution in [3.63, 3.8) is 0 Å². The fourth-order valence-electron chi connectivity index (χ4n) is 4.24. The second kappa shape index (κ2) is 4.56.